The highest BCUT2D eigenvalue weighted by atomic mass is 32.2. The van der Waals surface area contributed by atoms with Gasteiger partial charge in [-0.15, -0.1) is 11.8 Å². The van der Waals surface area contributed by atoms with Gasteiger partial charge in [-0.1, -0.05) is 0 Å². The van der Waals surface area contributed by atoms with Crippen molar-refractivity contribution >= 4 is 17.5 Å². The summed E-state index contributed by atoms with van der Waals surface area (Å²) in [4.78, 5) is 5.27. The lowest BCUT2D eigenvalue weighted by Crippen LogP contribution is -2.03. The second-order valence-corrected chi connectivity index (χ2v) is 4.23. The van der Waals surface area contributed by atoms with Crippen molar-refractivity contribution in [3.63, 3.8) is 0 Å². The Bertz CT molecular complexity index is 342. The van der Waals surface area contributed by atoms with Gasteiger partial charge in [-0.3, -0.25) is 0 Å². The Morgan fingerprint density at radius 3 is 2.71 bits per heavy atom. The topological polar surface area (TPSA) is 38.0 Å². The van der Waals surface area contributed by atoms with Gasteiger partial charge in [-0.25, -0.2) is 4.98 Å². The highest BCUT2D eigenvalue weighted by Crippen LogP contribution is 2.23. The Morgan fingerprint density at radius 1 is 1.57 bits per heavy atom. The van der Waals surface area contributed by atoms with Crippen LogP contribution in [0.5, 0.6) is 0 Å². The number of aliphatic hydroxyl groups excluding tert-OH is 1. The van der Waals surface area contributed by atoms with Crippen LogP contribution in [0.25, 0.3) is 5.70 Å². The summed E-state index contributed by atoms with van der Waals surface area (Å²) in [7, 11) is 0. The third-order valence-electron chi connectivity index (χ3n) is 2.27. The van der Waals surface area contributed by atoms with Gasteiger partial charge in [0.1, 0.15) is 0 Å². The quantitative estimate of drug-likeness (QED) is 0.836. The van der Waals surface area contributed by atoms with Crippen LogP contribution in [-0.4, -0.2) is 20.9 Å². The maximum atomic E-state index is 9.51. The summed E-state index contributed by atoms with van der Waals surface area (Å²) in [6, 6.07) is 0. The molecular weight excluding hydrogens is 196 g/mol. The third-order valence-corrected chi connectivity index (χ3v) is 3.18. The molecule has 0 amide bonds. The zero-order chi connectivity index (χ0) is 10.7. The van der Waals surface area contributed by atoms with Crippen molar-refractivity contribution in [2.75, 3.05) is 6.26 Å². The number of aliphatic hydroxyl groups is 1. The third kappa shape index (κ3) is 2.19. The molecule has 0 aliphatic heterocycles. The van der Waals surface area contributed by atoms with Crippen LogP contribution in [0.15, 0.2) is 17.4 Å². The maximum Gasteiger partial charge on any atom is 0.0992 e. The first-order chi connectivity index (χ1) is 6.57. The van der Waals surface area contributed by atoms with Gasteiger partial charge in [-0.05, 0) is 27.0 Å². The summed E-state index contributed by atoms with van der Waals surface area (Å²) >= 11 is 1.70. The van der Waals surface area contributed by atoms with Crippen molar-refractivity contribution < 1.29 is 5.11 Å². The molecule has 0 fully saturated rings. The number of thioether (sulfide) groups is 1. The van der Waals surface area contributed by atoms with Gasteiger partial charge < -0.3 is 9.67 Å². The Kier molecular flexibility index (Phi) is 3.77. The number of imidazole rings is 1. The maximum absolute atomic E-state index is 9.51. The van der Waals surface area contributed by atoms with Gasteiger partial charge in [0.2, 0.25) is 0 Å². The van der Waals surface area contributed by atoms with Crippen LogP contribution < -0.4 is 0 Å². The van der Waals surface area contributed by atoms with Crippen molar-refractivity contribution in [3.8, 4) is 0 Å². The van der Waals surface area contributed by atoms with Gasteiger partial charge >= 0.3 is 0 Å². The molecule has 1 aromatic rings. The van der Waals surface area contributed by atoms with Crippen LogP contribution in [0.1, 0.15) is 32.6 Å². The number of hydrogen-bond acceptors (Lipinski definition) is 3. The molecule has 1 N–H and O–H groups in total. The van der Waals surface area contributed by atoms with Gasteiger partial charge in [-0.2, -0.15) is 0 Å². The van der Waals surface area contributed by atoms with E-state index in [4.69, 9.17) is 0 Å². The molecule has 1 unspecified atom stereocenters. The lowest BCUT2D eigenvalue weighted by atomic mass is 10.3. The number of aromatic nitrogens is 2. The Morgan fingerprint density at radius 2 is 2.21 bits per heavy atom. The minimum Gasteiger partial charge on any atom is -0.387 e. The van der Waals surface area contributed by atoms with Crippen molar-refractivity contribution in [1.29, 1.82) is 0 Å². The van der Waals surface area contributed by atoms with Gasteiger partial charge in [0.15, 0.2) is 0 Å². The highest BCUT2D eigenvalue weighted by molar-refractivity contribution is 8.02. The van der Waals surface area contributed by atoms with E-state index in [9.17, 15) is 5.11 Å². The fourth-order valence-corrected chi connectivity index (χ4v) is 1.61. The molecule has 78 valence electrons. The summed E-state index contributed by atoms with van der Waals surface area (Å²) in [6.07, 6.45) is 4.98. The van der Waals surface area contributed by atoms with E-state index < -0.39 is 6.10 Å². The number of nitrogens with zero attached hydrogens (tertiary/aromatic N) is 2. The molecule has 0 aliphatic carbocycles. The molecule has 1 heterocycles. The van der Waals surface area contributed by atoms with E-state index in [0.717, 1.165) is 11.4 Å². The fraction of sp³-hybridized carbons (Fsp3) is 0.500. The second-order valence-electron chi connectivity index (χ2n) is 3.21. The van der Waals surface area contributed by atoms with Crippen LogP contribution in [0.3, 0.4) is 0 Å². The average molecular weight is 212 g/mol. The fourth-order valence-electron chi connectivity index (χ4n) is 1.21. The summed E-state index contributed by atoms with van der Waals surface area (Å²) in [5, 5.41) is 9.51. The molecule has 0 spiro atoms. The molecule has 3 nitrogen and oxygen atoms in total. The molecule has 1 atom stereocenters. The Balaban J connectivity index is 3.13. The normalized spacial score (nSPS) is 15.2. The predicted molar refractivity (Wildman–Crippen MR) is 60.9 cm³/mol. The number of allylic oxidation sites excluding steroid dienone is 2. The summed E-state index contributed by atoms with van der Waals surface area (Å²) in [5.74, 6) is 0. The van der Waals surface area contributed by atoms with Crippen LogP contribution >= 0.6 is 11.8 Å². The lowest BCUT2D eigenvalue weighted by molar-refractivity contribution is 0.192. The molecule has 0 saturated carbocycles. The SMILES string of the molecule is CS/C(C)=C(/C)n1cncc1C(C)O. The van der Waals surface area contributed by atoms with Crippen molar-refractivity contribution in [1.82, 2.24) is 9.55 Å². The standard InChI is InChI=1S/C10H16N2OS/c1-7(9(3)14-4)12-6-11-5-10(12)8(2)13/h5-6,8,13H,1-4H3/b9-7-. The molecule has 1 aromatic heterocycles. The van der Waals surface area contributed by atoms with E-state index in [1.165, 1.54) is 4.91 Å². The van der Waals surface area contributed by atoms with Crippen LogP contribution in [-0.2, 0) is 0 Å². The molecule has 1 rings (SSSR count). The van der Waals surface area contributed by atoms with E-state index in [2.05, 4.69) is 11.9 Å². The first-order valence-corrected chi connectivity index (χ1v) is 5.72. The van der Waals surface area contributed by atoms with Gasteiger partial charge in [0.05, 0.1) is 24.3 Å². The minimum absolute atomic E-state index is 0.484. The smallest absolute Gasteiger partial charge is 0.0992 e. The molecule has 0 aliphatic rings. The van der Waals surface area contributed by atoms with Gasteiger partial charge in [0, 0.05) is 10.6 Å². The van der Waals surface area contributed by atoms with Crippen molar-refractivity contribution in [2.45, 2.75) is 26.9 Å². The summed E-state index contributed by atoms with van der Waals surface area (Å²) in [6.45, 7) is 5.83. The van der Waals surface area contributed by atoms with E-state index in [-0.39, 0.29) is 0 Å². The number of hydrogen-bond donors (Lipinski definition) is 1. The molecule has 0 radical (unpaired) electrons. The molecule has 0 bridgehead atoms. The van der Waals surface area contributed by atoms with Gasteiger partial charge in [0.25, 0.3) is 0 Å². The monoisotopic (exact) mass is 212 g/mol. The molecule has 0 aromatic carbocycles. The zero-order valence-electron chi connectivity index (χ0n) is 8.98. The second kappa shape index (κ2) is 4.66. The highest BCUT2D eigenvalue weighted by Gasteiger charge is 2.09. The molecule has 0 saturated heterocycles. The molecule has 4 heteroatoms. The molecular formula is C10H16N2OS. The average Bonchev–Trinajstić information content (AvgIpc) is 2.63. The van der Waals surface area contributed by atoms with Crippen molar-refractivity contribution in [2.24, 2.45) is 0 Å². The van der Waals surface area contributed by atoms with Crippen molar-refractivity contribution in [3.05, 3.63) is 23.1 Å². The summed E-state index contributed by atoms with van der Waals surface area (Å²) in [5.41, 5.74) is 1.95. The van der Waals surface area contributed by atoms with E-state index >= 15 is 0 Å². The summed E-state index contributed by atoms with van der Waals surface area (Å²) < 4.78 is 1.93. The first-order valence-electron chi connectivity index (χ1n) is 4.50. The van der Waals surface area contributed by atoms with Crippen LogP contribution in [0.4, 0.5) is 0 Å². The van der Waals surface area contributed by atoms with Crippen LogP contribution in [0, 0.1) is 0 Å². The van der Waals surface area contributed by atoms with E-state index in [1.807, 2.05) is 17.7 Å². The number of rotatable bonds is 3. The van der Waals surface area contributed by atoms with E-state index in [0.29, 0.717) is 0 Å². The van der Waals surface area contributed by atoms with Crippen LogP contribution in [0.2, 0.25) is 0 Å². The Labute approximate surface area is 88.9 Å². The minimum atomic E-state index is -0.484. The predicted octanol–water partition coefficient (Wildman–Crippen LogP) is 2.51. The Hall–Kier alpha value is -0.740. The lowest BCUT2D eigenvalue weighted by Gasteiger charge is -2.12. The van der Waals surface area contributed by atoms with E-state index in [1.54, 1.807) is 31.2 Å². The first kappa shape index (κ1) is 11.3. The largest absolute Gasteiger partial charge is 0.387 e. The zero-order valence-corrected chi connectivity index (χ0v) is 9.80. The molecule has 14 heavy (non-hydrogen) atoms.